The molecule has 8 heteroatoms. The van der Waals surface area contributed by atoms with Crippen molar-refractivity contribution in [3.8, 4) is 18.1 Å². The van der Waals surface area contributed by atoms with E-state index in [1.54, 1.807) is 12.1 Å². The molecule has 1 amide bonds. The van der Waals surface area contributed by atoms with Crippen LogP contribution in [-0.4, -0.2) is 23.7 Å². The van der Waals surface area contributed by atoms with Gasteiger partial charge in [-0.1, -0.05) is 36.3 Å². The first-order chi connectivity index (χ1) is 15.1. The van der Waals surface area contributed by atoms with E-state index < -0.39 is 10.8 Å². The van der Waals surface area contributed by atoms with Crippen molar-refractivity contribution in [1.29, 1.82) is 0 Å². The summed E-state index contributed by atoms with van der Waals surface area (Å²) in [5, 5.41) is 17.6. The van der Waals surface area contributed by atoms with Gasteiger partial charge in [0.15, 0.2) is 0 Å². The molecule has 0 aliphatic rings. The Kier molecular flexibility index (Phi) is 5.60. The van der Waals surface area contributed by atoms with Crippen LogP contribution in [0.15, 0.2) is 65.8 Å². The standard InChI is InChI=1S/C23H15N3O4S/c1-2-11-30-20-9-7-15-5-3-4-6-18(15)19(20)14-24-25-23(27)22-13-16-12-17(26(28)29)8-10-21(16)31-22/h1,3-10,12-14H,11H2,(H,25,27)/b24-14-. The minimum atomic E-state index is -0.467. The van der Waals surface area contributed by atoms with Gasteiger partial charge in [0.05, 0.1) is 16.0 Å². The Hall–Kier alpha value is -4.22. The summed E-state index contributed by atoms with van der Waals surface area (Å²) < 4.78 is 6.39. The first-order valence-corrected chi connectivity index (χ1v) is 9.98. The molecule has 1 N–H and O–H groups in total. The van der Waals surface area contributed by atoms with E-state index in [2.05, 4.69) is 16.4 Å². The number of hydrazone groups is 1. The Morgan fingerprint density at radius 1 is 1.19 bits per heavy atom. The fourth-order valence-corrected chi connectivity index (χ4v) is 4.05. The molecule has 1 aromatic heterocycles. The van der Waals surface area contributed by atoms with Crippen molar-refractivity contribution >= 4 is 50.0 Å². The smallest absolute Gasteiger partial charge is 0.281 e. The number of carbonyl (C=O) groups is 1. The number of non-ortho nitro benzene ring substituents is 1. The Bertz CT molecular complexity index is 1380. The summed E-state index contributed by atoms with van der Waals surface area (Å²) in [6.45, 7) is 0.111. The van der Waals surface area contributed by atoms with Gasteiger partial charge in [-0.3, -0.25) is 14.9 Å². The van der Waals surface area contributed by atoms with Gasteiger partial charge in [0.2, 0.25) is 0 Å². The van der Waals surface area contributed by atoms with Gasteiger partial charge in [-0.25, -0.2) is 5.43 Å². The van der Waals surface area contributed by atoms with E-state index in [-0.39, 0.29) is 12.3 Å². The second-order valence-electron chi connectivity index (χ2n) is 6.48. The number of nitrogens with one attached hydrogen (secondary N) is 1. The number of nitro benzene ring substituents is 1. The second-order valence-corrected chi connectivity index (χ2v) is 7.56. The van der Waals surface area contributed by atoms with Gasteiger partial charge >= 0.3 is 0 Å². The van der Waals surface area contributed by atoms with Crippen LogP contribution in [0.5, 0.6) is 5.75 Å². The molecule has 0 fully saturated rings. The number of fused-ring (bicyclic) bond motifs is 2. The Morgan fingerprint density at radius 3 is 2.84 bits per heavy atom. The highest BCUT2D eigenvalue weighted by Gasteiger charge is 2.13. The molecule has 4 aromatic rings. The molecule has 0 spiro atoms. The highest BCUT2D eigenvalue weighted by molar-refractivity contribution is 7.20. The monoisotopic (exact) mass is 429 g/mol. The highest BCUT2D eigenvalue weighted by Crippen LogP contribution is 2.29. The lowest BCUT2D eigenvalue weighted by molar-refractivity contribution is -0.384. The van der Waals surface area contributed by atoms with Gasteiger partial charge in [0.25, 0.3) is 11.6 Å². The number of ether oxygens (including phenoxy) is 1. The van der Waals surface area contributed by atoms with Gasteiger partial charge in [-0.2, -0.15) is 5.10 Å². The van der Waals surface area contributed by atoms with Gasteiger partial charge in [-0.05, 0) is 29.0 Å². The molecule has 0 saturated carbocycles. The van der Waals surface area contributed by atoms with E-state index >= 15 is 0 Å². The van der Waals surface area contributed by atoms with Crippen LogP contribution in [0.2, 0.25) is 0 Å². The second kappa shape index (κ2) is 8.65. The molecule has 4 rings (SSSR count). The molecule has 0 atom stereocenters. The predicted molar refractivity (Wildman–Crippen MR) is 122 cm³/mol. The summed E-state index contributed by atoms with van der Waals surface area (Å²) in [5.41, 5.74) is 3.18. The Morgan fingerprint density at radius 2 is 2.03 bits per heavy atom. The van der Waals surface area contributed by atoms with Gasteiger partial charge in [0, 0.05) is 27.8 Å². The van der Waals surface area contributed by atoms with Crippen LogP contribution in [0.25, 0.3) is 20.9 Å². The number of rotatable bonds is 6. The van der Waals surface area contributed by atoms with E-state index in [1.165, 1.54) is 29.7 Å². The quantitative estimate of drug-likeness (QED) is 0.207. The summed E-state index contributed by atoms with van der Waals surface area (Å²) in [7, 11) is 0. The molecular weight excluding hydrogens is 414 g/mol. The van der Waals surface area contributed by atoms with Crippen LogP contribution in [0, 0.1) is 22.5 Å². The van der Waals surface area contributed by atoms with Crippen LogP contribution >= 0.6 is 11.3 Å². The lowest BCUT2D eigenvalue weighted by Crippen LogP contribution is -2.16. The maximum absolute atomic E-state index is 12.5. The van der Waals surface area contributed by atoms with Crippen molar-refractivity contribution in [2.45, 2.75) is 0 Å². The molecule has 1 heterocycles. The number of carbonyl (C=O) groups excluding carboxylic acids is 1. The molecule has 0 radical (unpaired) electrons. The van der Waals surface area contributed by atoms with Crippen molar-refractivity contribution in [2.75, 3.05) is 6.61 Å². The maximum atomic E-state index is 12.5. The third-order valence-corrected chi connectivity index (χ3v) is 5.65. The fraction of sp³-hybridized carbons (Fsp3) is 0.0435. The highest BCUT2D eigenvalue weighted by atomic mass is 32.1. The minimum absolute atomic E-state index is 0.0225. The summed E-state index contributed by atoms with van der Waals surface area (Å²) in [6.07, 6.45) is 6.82. The van der Waals surface area contributed by atoms with Crippen LogP contribution < -0.4 is 10.2 Å². The van der Waals surface area contributed by atoms with E-state index in [4.69, 9.17) is 11.2 Å². The normalized spacial score (nSPS) is 10.9. The van der Waals surface area contributed by atoms with Crippen molar-refractivity contribution in [1.82, 2.24) is 5.43 Å². The molecule has 31 heavy (non-hydrogen) atoms. The average molecular weight is 429 g/mol. The molecule has 0 aliphatic carbocycles. The Balaban J connectivity index is 1.59. The lowest BCUT2D eigenvalue weighted by atomic mass is 10.0. The van der Waals surface area contributed by atoms with Crippen LogP contribution in [-0.2, 0) is 0 Å². The van der Waals surface area contributed by atoms with Crippen LogP contribution in [0.1, 0.15) is 15.2 Å². The fourth-order valence-electron chi connectivity index (χ4n) is 3.12. The topological polar surface area (TPSA) is 93.8 Å². The number of thiophene rings is 1. The minimum Gasteiger partial charge on any atom is -0.480 e. The van der Waals surface area contributed by atoms with Crippen molar-refractivity contribution in [3.05, 3.63) is 81.2 Å². The number of hydrogen-bond donors (Lipinski definition) is 1. The lowest BCUT2D eigenvalue weighted by Gasteiger charge is -2.09. The van der Waals surface area contributed by atoms with Crippen LogP contribution in [0.3, 0.4) is 0 Å². The molecule has 0 unspecified atom stereocenters. The zero-order chi connectivity index (χ0) is 21.8. The van der Waals surface area contributed by atoms with Crippen LogP contribution in [0.4, 0.5) is 5.69 Å². The molecule has 0 saturated heterocycles. The molecule has 152 valence electrons. The Labute approximate surface area is 181 Å². The number of terminal acetylenes is 1. The van der Waals surface area contributed by atoms with Gasteiger partial charge < -0.3 is 4.74 Å². The average Bonchev–Trinajstić information content (AvgIpc) is 3.21. The number of amides is 1. The zero-order valence-corrected chi connectivity index (χ0v) is 16.9. The first-order valence-electron chi connectivity index (χ1n) is 9.16. The van der Waals surface area contributed by atoms with Gasteiger partial charge in [0.1, 0.15) is 12.4 Å². The summed E-state index contributed by atoms with van der Waals surface area (Å²) in [4.78, 5) is 23.4. The number of hydrogen-bond acceptors (Lipinski definition) is 6. The molecular formula is C23H15N3O4S. The third kappa shape index (κ3) is 4.22. The van der Waals surface area contributed by atoms with E-state index in [9.17, 15) is 14.9 Å². The number of nitro groups is 1. The van der Waals surface area contributed by atoms with E-state index in [0.717, 1.165) is 15.5 Å². The maximum Gasteiger partial charge on any atom is 0.281 e. The summed E-state index contributed by atoms with van der Waals surface area (Å²) in [5.74, 6) is 2.58. The number of nitrogens with zero attached hydrogens (tertiary/aromatic N) is 2. The van der Waals surface area contributed by atoms with E-state index in [0.29, 0.717) is 21.6 Å². The zero-order valence-electron chi connectivity index (χ0n) is 16.1. The number of benzene rings is 3. The van der Waals surface area contributed by atoms with Crippen molar-refractivity contribution in [2.24, 2.45) is 5.10 Å². The largest absolute Gasteiger partial charge is 0.480 e. The predicted octanol–water partition coefficient (Wildman–Crippen LogP) is 4.74. The first kappa shape index (κ1) is 20.1. The molecule has 0 bridgehead atoms. The van der Waals surface area contributed by atoms with Crippen molar-refractivity contribution < 1.29 is 14.5 Å². The summed E-state index contributed by atoms with van der Waals surface area (Å²) >= 11 is 1.23. The van der Waals surface area contributed by atoms with Crippen molar-refractivity contribution in [3.63, 3.8) is 0 Å². The molecule has 0 aliphatic heterocycles. The third-order valence-electron chi connectivity index (χ3n) is 4.54. The van der Waals surface area contributed by atoms with E-state index in [1.807, 2.05) is 36.4 Å². The SMILES string of the molecule is C#CCOc1ccc2ccccc2c1/C=N\NC(=O)c1cc2cc([N+](=O)[O-])ccc2s1. The molecule has 3 aromatic carbocycles. The van der Waals surface area contributed by atoms with Gasteiger partial charge in [-0.15, -0.1) is 17.8 Å². The molecule has 7 nitrogen and oxygen atoms in total. The summed E-state index contributed by atoms with van der Waals surface area (Å²) in [6, 6.07) is 17.6.